The monoisotopic (exact) mass is 472 g/mol. The Labute approximate surface area is 195 Å². The van der Waals surface area contributed by atoms with Crippen LogP contribution in [0, 0.1) is 0 Å². The second-order valence-corrected chi connectivity index (χ2v) is 8.03. The van der Waals surface area contributed by atoms with Gasteiger partial charge in [-0.2, -0.15) is 0 Å². The van der Waals surface area contributed by atoms with Crippen LogP contribution >= 0.6 is 0 Å². The van der Waals surface area contributed by atoms with Gasteiger partial charge in [-0.3, -0.25) is 4.79 Å². The number of carboxylic acids is 1. The van der Waals surface area contributed by atoms with Gasteiger partial charge in [0, 0.05) is 8.42 Å². The third-order valence-electron chi connectivity index (χ3n) is 5.81. The first-order valence-electron chi connectivity index (χ1n) is 10.3. The van der Waals surface area contributed by atoms with Crippen LogP contribution in [0.15, 0.2) is 54.6 Å². The Balaban J connectivity index is 0.00000180. The van der Waals surface area contributed by atoms with Crippen LogP contribution in [0.2, 0.25) is 0 Å². The SMILES string of the molecule is COc1cc(C(=O)O)cc(-c2cccc(NC(=O)C3(c4ccc5c(c4)OC(F)(F)O5)CC3)n2)c1.[HH].[HH]. The molecule has 1 aliphatic heterocycles. The Kier molecular flexibility index (Phi) is 4.89. The van der Waals surface area contributed by atoms with Crippen LogP contribution in [0.1, 0.15) is 31.6 Å². The smallest absolute Gasteiger partial charge is 0.497 e. The average Bonchev–Trinajstić information content (AvgIpc) is 3.56. The van der Waals surface area contributed by atoms with E-state index in [1.807, 2.05) is 0 Å². The number of hydrogen-bond donors (Lipinski definition) is 2. The third-order valence-corrected chi connectivity index (χ3v) is 5.81. The summed E-state index contributed by atoms with van der Waals surface area (Å²) in [7, 11) is 1.43. The van der Waals surface area contributed by atoms with E-state index < -0.39 is 17.7 Å². The number of nitrogens with zero attached hydrogens (tertiary/aromatic N) is 1. The minimum atomic E-state index is -3.73. The number of carbonyl (C=O) groups is 2. The number of nitrogens with one attached hydrogen (secondary N) is 1. The summed E-state index contributed by atoms with van der Waals surface area (Å²) in [6.07, 6.45) is -2.66. The molecule has 0 saturated heterocycles. The zero-order chi connectivity index (χ0) is 24.1. The maximum Gasteiger partial charge on any atom is 0.586 e. The molecule has 34 heavy (non-hydrogen) atoms. The van der Waals surface area contributed by atoms with Gasteiger partial charge in [-0.1, -0.05) is 12.1 Å². The summed E-state index contributed by atoms with van der Waals surface area (Å²) >= 11 is 0. The van der Waals surface area contributed by atoms with Gasteiger partial charge in [0.05, 0.1) is 23.8 Å². The Morgan fingerprint density at radius 3 is 2.56 bits per heavy atom. The van der Waals surface area contributed by atoms with E-state index in [9.17, 15) is 23.5 Å². The molecule has 178 valence electrons. The van der Waals surface area contributed by atoms with Crippen LogP contribution in [-0.4, -0.2) is 35.4 Å². The number of fused-ring (bicyclic) bond motifs is 1. The molecule has 0 spiro atoms. The standard InChI is InChI=1S/C24H18F2N2O6.2H2/c1-32-16-10-13(9-14(11-16)21(29)30)17-3-2-4-20(27-17)28-22(31)23(7-8-23)15-5-6-18-19(12-15)34-24(25,26)33-18;;/h2-6,9-12H,7-8H2,1H3,(H,29,30)(H,27,28,31);2*1H. The highest BCUT2D eigenvalue weighted by Crippen LogP contribution is 2.52. The first kappa shape index (κ1) is 21.6. The number of carboxylic acid groups (broad SMARTS) is 1. The Bertz CT molecular complexity index is 1330. The van der Waals surface area contributed by atoms with Crippen molar-refractivity contribution in [1.82, 2.24) is 4.98 Å². The molecule has 3 aromatic rings. The summed E-state index contributed by atoms with van der Waals surface area (Å²) in [5.41, 5.74) is 0.636. The van der Waals surface area contributed by atoms with Crippen LogP contribution in [0.5, 0.6) is 17.2 Å². The van der Waals surface area contributed by atoms with Gasteiger partial charge in [0.25, 0.3) is 0 Å². The molecule has 1 saturated carbocycles. The van der Waals surface area contributed by atoms with E-state index in [0.29, 0.717) is 35.4 Å². The maximum absolute atomic E-state index is 13.3. The molecular formula is C24H22F2N2O6. The van der Waals surface area contributed by atoms with E-state index in [4.69, 9.17) is 4.74 Å². The largest absolute Gasteiger partial charge is 0.586 e. The number of anilines is 1. The Morgan fingerprint density at radius 1 is 1.09 bits per heavy atom. The van der Waals surface area contributed by atoms with Crippen molar-refractivity contribution in [3.05, 3.63) is 65.7 Å². The summed E-state index contributed by atoms with van der Waals surface area (Å²) in [6.45, 7) is 0. The lowest BCUT2D eigenvalue weighted by Crippen LogP contribution is -2.28. The van der Waals surface area contributed by atoms with Gasteiger partial charge in [0.2, 0.25) is 5.91 Å². The highest BCUT2D eigenvalue weighted by atomic mass is 19.3. The molecule has 2 aliphatic rings. The van der Waals surface area contributed by atoms with Gasteiger partial charge in [-0.15, -0.1) is 8.78 Å². The average molecular weight is 472 g/mol. The van der Waals surface area contributed by atoms with Crippen LogP contribution in [0.3, 0.4) is 0 Å². The normalized spacial score (nSPS) is 16.6. The lowest BCUT2D eigenvalue weighted by molar-refractivity contribution is -0.286. The number of alkyl halides is 2. The van der Waals surface area contributed by atoms with Gasteiger partial charge in [0.1, 0.15) is 11.6 Å². The fourth-order valence-electron chi connectivity index (χ4n) is 3.91. The van der Waals surface area contributed by atoms with Crippen LogP contribution in [-0.2, 0) is 10.2 Å². The third kappa shape index (κ3) is 3.87. The van der Waals surface area contributed by atoms with Crippen molar-refractivity contribution in [3.63, 3.8) is 0 Å². The van der Waals surface area contributed by atoms with Gasteiger partial charge < -0.3 is 24.6 Å². The minimum Gasteiger partial charge on any atom is -0.497 e. The molecule has 0 unspecified atom stereocenters. The molecule has 0 bridgehead atoms. The lowest BCUT2D eigenvalue weighted by atomic mass is 9.94. The summed E-state index contributed by atoms with van der Waals surface area (Å²) < 4.78 is 40.8. The predicted molar refractivity (Wildman–Crippen MR) is 120 cm³/mol. The molecule has 0 radical (unpaired) electrons. The second kappa shape index (κ2) is 7.68. The van der Waals surface area contributed by atoms with Gasteiger partial charge in [0.15, 0.2) is 11.5 Å². The quantitative estimate of drug-likeness (QED) is 0.523. The second-order valence-electron chi connectivity index (χ2n) is 8.03. The fourth-order valence-corrected chi connectivity index (χ4v) is 3.91. The molecule has 8 nitrogen and oxygen atoms in total. The number of rotatable bonds is 6. The fraction of sp³-hybridized carbons (Fsp3) is 0.208. The van der Waals surface area contributed by atoms with Crippen LogP contribution < -0.4 is 19.5 Å². The van der Waals surface area contributed by atoms with E-state index >= 15 is 0 Å². The van der Waals surface area contributed by atoms with Crippen molar-refractivity contribution >= 4 is 17.7 Å². The topological polar surface area (TPSA) is 107 Å². The number of hydrogen-bond acceptors (Lipinski definition) is 6. The van der Waals surface area contributed by atoms with Crippen LogP contribution in [0.4, 0.5) is 14.6 Å². The number of aromatic nitrogens is 1. The predicted octanol–water partition coefficient (Wildman–Crippen LogP) is 4.94. The van der Waals surface area contributed by atoms with Crippen molar-refractivity contribution in [2.24, 2.45) is 0 Å². The zero-order valence-corrected chi connectivity index (χ0v) is 17.8. The van der Waals surface area contributed by atoms with Crippen LogP contribution in [0.25, 0.3) is 11.3 Å². The Hall–Kier alpha value is -4.21. The number of aromatic carboxylic acids is 1. The summed E-state index contributed by atoms with van der Waals surface area (Å²) in [6, 6.07) is 13.8. The van der Waals surface area contributed by atoms with Crippen molar-refractivity contribution in [3.8, 4) is 28.5 Å². The first-order valence-corrected chi connectivity index (χ1v) is 10.3. The van der Waals surface area contributed by atoms with E-state index in [1.54, 1.807) is 30.3 Å². The number of ether oxygens (including phenoxy) is 3. The maximum atomic E-state index is 13.3. The van der Waals surface area contributed by atoms with Crippen molar-refractivity contribution < 1.29 is 40.5 Å². The molecule has 1 fully saturated rings. The molecule has 10 heteroatoms. The molecular weight excluding hydrogens is 450 g/mol. The van der Waals surface area contributed by atoms with Gasteiger partial charge >= 0.3 is 12.3 Å². The number of methoxy groups -OCH3 is 1. The number of halogens is 2. The number of benzene rings is 2. The molecule has 2 aromatic carbocycles. The molecule has 0 atom stereocenters. The van der Waals surface area contributed by atoms with E-state index in [1.165, 1.54) is 31.4 Å². The number of carbonyl (C=O) groups excluding carboxylic acids is 1. The van der Waals surface area contributed by atoms with E-state index in [-0.39, 0.29) is 31.6 Å². The molecule has 5 rings (SSSR count). The van der Waals surface area contributed by atoms with Crippen molar-refractivity contribution in [1.29, 1.82) is 0 Å². The number of amides is 1. The lowest BCUT2D eigenvalue weighted by Gasteiger charge is -2.16. The van der Waals surface area contributed by atoms with E-state index in [0.717, 1.165) is 0 Å². The van der Waals surface area contributed by atoms with Crippen molar-refractivity contribution in [2.45, 2.75) is 24.6 Å². The molecule has 2 heterocycles. The summed E-state index contributed by atoms with van der Waals surface area (Å²) in [5, 5.41) is 12.1. The molecule has 1 amide bonds. The molecule has 1 aromatic heterocycles. The van der Waals surface area contributed by atoms with Gasteiger partial charge in [-0.25, -0.2) is 9.78 Å². The summed E-state index contributed by atoms with van der Waals surface area (Å²) in [4.78, 5) is 29.0. The first-order chi connectivity index (χ1) is 16.2. The molecule has 1 aliphatic carbocycles. The highest BCUT2D eigenvalue weighted by Gasteiger charge is 2.53. The Morgan fingerprint density at radius 2 is 1.85 bits per heavy atom. The highest BCUT2D eigenvalue weighted by molar-refractivity contribution is 6.01. The molecule has 2 N–H and O–H groups in total. The minimum absolute atomic E-state index is 0. The zero-order valence-electron chi connectivity index (χ0n) is 17.8. The van der Waals surface area contributed by atoms with E-state index in [2.05, 4.69) is 19.8 Å². The number of pyridine rings is 1. The van der Waals surface area contributed by atoms with Crippen molar-refractivity contribution in [2.75, 3.05) is 12.4 Å². The van der Waals surface area contributed by atoms with Gasteiger partial charge in [-0.05, 0) is 60.9 Å². The summed E-state index contributed by atoms with van der Waals surface area (Å²) in [5.74, 6) is -1.02.